The van der Waals surface area contributed by atoms with E-state index in [1.54, 1.807) is 32.4 Å². The Morgan fingerprint density at radius 1 is 1.12 bits per heavy atom. The highest BCUT2D eigenvalue weighted by Gasteiger charge is 2.24. The maximum Gasteiger partial charge on any atom is 0.302 e. The van der Waals surface area contributed by atoms with E-state index >= 15 is 0 Å². The molecule has 0 atom stereocenters. The number of ether oxygens (including phenoxy) is 2. The molecular weight excluding hydrogens is 430 g/mol. The predicted octanol–water partition coefficient (Wildman–Crippen LogP) is 4.62. The quantitative estimate of drug-likeness (QED) is 0.563. The Balaban J connectivity index is 1.58. The summed E-state index contributed by atoms with van der Waals surface area (Å²) in [4.78, 5) is 24.9. The van der Waals surface area contributed by atoms with Crippen molar-refractivity contribution < 1.29 is 23.5 Å². The van der Waals surface area contributed by atoms with Crippen LogP contribution in [0.1, 0.15) is 21.7 Å². The smallest absolute Gasteiger partial charge is 0.302 e. The van der Waals surface area contributed by atoms with Crippen LogP contribution in [0.4, 0.5) is 10.5 Å². The molecule has 4 rings (SSSR count). The summed E-state index contributed by atoms with van der Waals surface area (Å²) < 4.78 is 15.8. The van der Waals surface area contributed by atoms with E-state index in [0.717, 1.165) is 16.8 Å². The first kappa shape index (κ1) is 21.5. The largest absolute Gasteiger partial charge is 0.493 e. The average molecular weight is 452 g/mol. The number of nitrogens with one attached hydrogen (secondary N) is 1. The average Bonchev–Trinajstić information content (AvgIpc) is 3.36. The van der Waals surface area contributed by atoms with Crippen molar-refractivity contribution in [3.63, 3.8) is 0 Å². The van der Waals surface area contributed by atoms with Gasteiger partial charge in [-0.2, -0.15) is 5.10 Å². The number of carbonyl (C=O) groups excluding carboxylic acids is 2. The lowest BCUT2D eigenvalue weighted by Gasteiger charge is -2.24. The van der Waals surface area contributed by atoms with E-state index in [0.29, 0.717) is 22.9 Å². The zero-order valence-corrected chi connectivity index (χ0v) is 18.3. The van der Waals surface area contributed by atoms with Gasteiger partial charge in [0.05, 0.1) is 32.7 Å². The number of hydrogen-bond acceptors (Lipinski definition) is 7. The molecule has 164 valence electrons. The van der Waals surface area contributed by atoms with Gasteiger partial charge in [0.25, 0.3) is 5.91 Å². The van der Waals surface area contributed by atoms with Crippen molar-refractivity contribution in [2.45, 2.75) is 6.54 Å². The van der Waals surface area contributed by atoms with E-state index < -0.39 is 0 Å². The summed E-state index contributed by atoms with van der Waals surface area (Å²) in [7, 11) is 3.15. The van der Waals surface area contributed by atoms with E-state index in [4.69, 9.17) is 13.9 Å². The Bertz CT molecular complexity index is 1160. The Morgan fingerprint density at radius 2 is 1.94 bits per heavy atom. The number of thioether (sulfide) groups is 1. The third-order valence-corrected chi connectivity index (χ3v) is 5.71. The Morgan fingerprint density at radius 3 is 2.69 bits per heavy atom. The molecule has 2 heterocycles. The first-order valence-corrected chi connectivity index (χ1v) is 10.7. The van der Waals surface area contributed by atoms with Gasteiger partial charge in [0, 0.05) is 17.0 Å². The van der Waals surface area contributed by atoms with Gasteiger partial charge >= 0.3 is 5.24 Å². The van der Waals surface area contributed by atoms with Gasteiger partial charge in [-0.25, -0.2) is 5.01 Å². The van der Waals surface area contributed by atoms with Gasteiger partial charge in [0.1, 0.15) is 0 Å². The third-order valence-electron chi connectivity index (χ3n) is 4.83. The van der Waals surface area contributed by atoms with Gasteiger partial charge in [0.2, 0.25) is 0 Å². The molecule has 0 unspecified atom stereocenters. The molecule has 8 nitrogen and oxygen atoms in total. The van der Waals surface area contributed by atoms with E-state index in [1.165, 1.54) is 23.0 Å². The standard InChI is InChI=1S/C23H21N3O5S/c1-29-19-10-9-15(12-21(19)30-2)18-14-32-23(28)26(25-18)13-16-6-3-4-7-17(16)24-22(27)20-8-5-11-31-20/h3-12H,13-14H2,1-2H3,(H,24,27). The van der Waals surface area contributed by atoms with E-state index in [9.17, 15) is 9.59 Å². The Kier molecular flexibility index (Phi) is 6.46. The normalized spacial score (nSPS) is 13.5. The molecule has 1 aliphatic heterocycles. The van der Waals surface area contributed by atoms with Crippen LogP contribution in [0.3, 0.4) is 0 Å². The summed E-state index contributed by atoms with van der Waals surface area (Å²) in [6, 6.07) is 16.0. The summed E-state index contributed by atoms with van der Waals surface area (Å²) in [5, 5.41) is 8.65. The highest BCUT2D eigenvalue weighted by atomic mass is 32.2. The van der Waals surface area contributed by atoms with Gasteiger partial charge in [-0.05, 0) is 42.0 Å². The topological polar surface area (TPSA) is 93.4 Å². The van der Waals surface area contributed by atoms with Crippen LogP contribution in [0.25, 0.3) is 0 Å². The number of para-hydroxylation sites is 1. The van der Waals surface area contributed by atoms with Crippen molar-refractivity contribution in [3.05, 3.63) is 77.7 Å². The molecule has 3 aromatic rings. The van der Waals surface area contributed by atoms with E-state index in [2.05, 4.69) is 10.4 Å². The molecule has 0 aliphatic carbocycles. The maximum atomic E-state index is 12.6. The zero-order valence-electron chi connectivity index (χ0n) is 17.5. The SMILES string of the molecule is COc1ccc(C2=NN(Cc3ccccc3NC(=O)c3ccco3)C(=O)SC2)cc1OC. The minimum Gasteiger partial charge on any atom is -0.493 e. The molecule has 2 aromatic carbocycles. The molecule has 2 amide bonds. The van der Waals surface area contributed by atoms with Gasteiger partial charge in [0.15, 0.2) is 17.3 Å². The summed E-state index contributed by atoms with van der Waals surface area (Å²) >= 11 is 1.17. The number of anilines is 1. The minimum atomic E-state index is -0.365. The third kappa shape index (κ3) is 4.62. The van der Waals surface area contributed by atoms with E-state index in [-0.39, 0.29) is 23.5 Å². The molecule has 1 N–H and O–H groups in total. The van der Waals surface area contributed by atoms with Crippen LogP contribution >= 0.6 is 11.8 Å². The second kappa shape index (κ2) is 9.61. The van der Waals surface area contributed by atoms with Crippen LogP contribution in [0.15, 0.2) is 70.4 Å². The highest BCUT2D eigenvalue weighted by molar-refractivity contribution is 8.14. The van der Waals surface area contributed by atoms with Gasteiger partial charge in [-0.3, -0.25) is 9.59 Å². The predicted molar refractivity (Wildman–Crippen MR) is 123 cm³/mol. The van der Waals surface area contributed by atoms with Crippen molar-refractivity contribution in [1.29, 1.82) is 0 Å². The van der Waals surface area contributed by atoms with Gasteiger partial charge in [-0.15, -0.1) is 0 Å². The monoisotopic (exact) mass is 451 g/mol. The molecule has 0 saturated carbocycles. The zero-order chi connectivity index (χ0) is 22.5. The molecule has 0 spiro atoms. The Hall–Kier alpha value is -3.72. The van der Waals surface area contributed by atoms with Gasteiger partial charge in [-0.1, -0.05) is 30.0 Å². The van der Waals surface area contributed by atoms with Crippen molar-refractivity contribution in [2.24, 2.45) is 5.10 Å². The molecule has 1 aliphatic rings. The van der Waals surface area contributed by atoms with Gasteiger partial charge < -0.3 is 19.2 Å². The number of carbonyl (C=O) groups is 2. The first-order chi connectivity index (χ1) is 15.6. The number of hydrogen-bond donors (Lipinski definition) is 1. The van der Waals surface area contributed by atoms with Crippen LogP contribution in [0.2, 0.25) is 0 Å². The second-order valence-electron chi connectivity index (χ2n) is 6.82. The fraction of sp³-hybridized carbons (Fsp3) is 0.174. The highest BCUT2D eigenvalue weighted by Crippen LogP contribution is 2.30. The molecule has 0 bridgehead atoms. The van der Waals surface area contributed by atoms with Crippen LogP contribution in [-0.4, -0.2) is 41.8 Å². The fourth-order valence-corrected chi connectivity index (χ4v) is 3.95. The van der Waals surface area contributed by atoms with Crippen LogP contribution < -0.4 is 14.8 Å². The number of benzene rings is 2. The molecule has 0 saturated heterocycles. The molecule has 0 radical (unpaired) electrons. The maximum absolute atomic E-state index is 12.6. The lowest BCUT2D eigenvalue weighted by molar-refractivity contribution is 0.0996. The molecule has 0 fully saturated rings. The van der Waals surface area contributed by atoms with Crippen molar-refractivity contribution in [2.75, 3.05) is 25.3 Å². The Labute approximate surface area is 189 Å². The number of amides is 2. The van der Waals surface area contributed by atoms with Crippen molar-refractivity contribution in [1.82, 2.24) is 5.01 Å². The lowest BCUT2D eigenvalue weighted by atomic mass is 10.1. The van der Waals surface area contributed by atoms with Crippen LogP contribution in [0, 0.1) is 0 Å². The number of nitrogens with zero attached hydrogens (tertiary/aromatic N) is 2. The number of methoxy groups -OCH3 is 2. The number of rotatable bonds is 7. The van der Waals surface area contributed by atoms with Crippen LogP contribution in [0.5, 0.6) is 11.5 Å². The fourth-order valence-electron chi connectivity index (χ4n) is 3.21. The summed E-state index contributed by atoms with van der Waals surface area (Å²) in [5.74, 6) is 1.50. The van der Waals surface area contributed by atoms with E-state index in [1.807, 2.05) is 36.4 Å². The lowest BCUT2D eigenvalue weighted by Crippen LogP contribution is -2.30. The number of furan rings is 1. The van der Waals surface area contributed by atoms with Crippen LogP contribution in [-0.2, 0) is 6.54 Å². The minimum absolute atomic E-state index is 0.165. The summed E-state index contributed by atoms with van der Waals surface area (Å²) in [6.07, 6.45) is 1.44. The number of hydrazone groups is 1. The molecule has 1 aromatic heterocycles. The summed E-state index contributed by atoms with van der Waals surface area (Å²) in [5.41, 5.74) is 2.92. The van der Waals surface area contributed by atoms with Crippen molar-refractivity contribution in [3.8, 4) is 11.5 Å². The molecule has 9 heteroatoms. The summed E-state index contributed by atoms with van der Waals surface area (Å²) in [6.45, 7) is 0.206. The molecular formula is C23H21N3O5S. The molecule has 32 heavy (non-hydrogen) atoms. The second-order valence-corrected chi connectivity index (χ2v) is 7.74. The van der Waals surface area contributed by atoms with Crippen molar-refractivity contribution >= 4 is 34.3 Å². The first-order valence-electron chi connectivity index (χ1n) is 9.76.